The first-order chi connectivity index (χ1) is 14.7. The molecule has 0 saturated heterocycles. The second-order valence-corrected chi connectivity index (χ2v) is 8.62. The lowest BCUT2D eigenvalue weighted by molar-refractivity contribution is 0.0969. The van der Waals surface area contributed by atoms with Gasteiger partial charge in [-0.05, 0) is 54.1 Å². The maximum atomic E-state index is 12.7. The summed E-state index contributed by atoms with van der Waals surface area (Å²) in [5.74, 6) is 0.442. The number of rotatable bonds is 6. The van der Waals surface area contributed by atoms with Crippen LogP contribution in [0.15, 0.2) is 71.6 Å². The van der Waals surface area contributed by atoms with Gasteiger partial charge < -0.3 is 4.18 Å². The standard InChI is InChI=1S/C22H20N4O4S/c1-15-24-25(2)22(23)26(15)14-21(27)17-7-10-19(11-8-17)30-31(28,29)20-12-9-16-5-3-4-6-18(16)13-20/h3-13,23H,14H2,1-2H3. The number of aromatic nitrogens is 3. The first kappa shape index (κ1) is 20.5. The van der Waals surface area contributed by atoms with Gasteiger partial charge in [0.2, 0.25) is 5.62 Å². The average molecular weight is 436 g/mol. The van der Waals surface area contributed by atoms with E-state index in [2.05, 4.69) is 5.10 Å². The van der Waals surface area contributed by atoms with Gasteiger partial charge in [-0.15, -0.1) is 0 Å². The van der Waals surface area contributed by atoms with Crippen LogP contribution in [0.25, 0.3) is 10.8 Å². The number of nitrogens with zero attached hydrogens (tertiary/aromatic N) is 3. The number of ketones is 1. The molecule has 4 rings (SSSR count). The number of hydrogen-bond donors (Lipinski definition) is 1. The van der Waals surface area contributed by atoms with Crippen molar-refractivity contribution in [3.8, 4) is 5.75 Å². The van der Waals surface area contributed by atoms with E-state index >= 15 is 0 Å². The van der Waals surface area contributed by atoms with Crippen LogP contribution in [-0.4, -0.2) is 28.5 Å². The molecule has 3 aromatic carbocycles. The molecule has 0 spiro atoms. The fourth-order valence-corrected chi connectivity index (χ4v) is 4.23. The van der Waals surface area contributed by atoms with Gasteiger partial charge in [0.25, 0.3) is 0 Å². The number of Topliss-reactive ketones (excluding diaryl/α,β-unsaturated/α-hetero) is 1. The third kappa shape index (κ3) is 4.13. The summed E-state index contributed by atoms with van der Waals surface area (Å²) in [4.78, 5) is 12.6. The number of fused-ring (bicyclic) bond motifs is 1. The van der Waals surface area contributed by atoms with Crippen LogP contribution in [-0.2, 0) is 23.7 Å². The first-order valence-electron chi connectivity index (χ1n) is 9.46. The van der Waals surface area contributed by atoms with E-state index < -0.39 is 10.1 Å². The molecule has 1 heterocycles. The third-order valence-corrected chi connectivity index (χ3v) is 6.18. The van der Waals surface area contributed by atoms with Gasteiger partial charge >= 0.3 is 10.1 Å². The van der Waals surface area contributed by atoms with Crippen molar-refractivity contribution in [2.75, 3.05) is 0 Å². The zero-order chi connectivity index (χ0) is 22.2. The molecule has 0 saturated carbocycles. The molecule has 4 aromatic rings. The van der Waals surface area contributed by atoms with E-state index in [1.165, 1.54) is 39.6 Å². The maximum absolute atomic E-state index is 12.7. The van der Waals surface area contributed by atoms with E-state index in [0.717, 1.165) is 10.8 Å². The summed E-state index contributed by atoms with van der Waals surface area (Å²) in [6, 6.07) is 18.1. The lowest BCUT2D eigenvalue weighted by atomic mass is 10.1. The second kappa shape index (κ2) is 7.84. The number of aryl methyl sites for hydroxylation is 2. The van der Waals surface area contributed by atoms with Crippen molar-refractivity contribution in [1.29, 1.82) is 5.41 Å². The first-order valence-corrected chi connectivity index (χ1v) is 10.9. The largest absolute Gasteiger partial charge is 0.379 e. The topological polar surface area (TPSA) is 107 Å². The quantitative estimate of drug-likeness (QED) is 0.369. The summed E-state index contributed by atoms with van der Waals surface area (Å²) < 4.78 is 33.4. The Morgan fingerprint density at radius 2 is 1.71 bits per heavy atom. The molecule has 0 amide bonds. The molecule has 0 unspecified atom stereocenters. The van der Waals surface area contributed by atoms with Crippen LogP contribution in [0.3, 0.4) is 0 Å². The lowest BCUT2D eigenvalue weighted by Gasteiger charge is -2.09. The highest BCUT2D eigenvalue weighted by Gasteiger charge is 2.18. The Hall–Kier alpha value is -3.72. The summed E-state index contributed by atoms with van der Waals surface area (Å²) in [6.07, 6.45) is 0. The lowest BCUT2D eigenvalue weighted by Crippen LogP contribution is -2.26. The van der Waals surface area contributed by atoms with Crippen molar-refractivity contribution >= 4 is 26.7 Å². The monoisotopic (exact) mass is 436 g/mol. The van der Waals surface area contributed by atoms with E-state index in [-0.39, 0.29) is 28.6 Å². The molecule has 1 aromatic heterocycles. The van der Waals surface area contributed by atoms with E-state index in [1.807, 2.05) is 24.3 Å². The van der Waals surface area contributed by atoms with E-state index in [1.54, 1.807) is 26.1 Å². The zero-order valence-electron chi connectivity index (χ0n) is 16.9. The van der Waals surface area contributed by atoms with Gasteiger partial charge in [-0.3, -0.25) is 14.8 Å². The minimum atomic E-state index is -4.02. The van der Waals surface area contributed by atoms with Gasteiger partial charge in [-0.1, -0.05) is 30.3 Å². The van der Waals surface area contributed by atoms with Gasteiger partial charge in [0.1, 0.15) is 16.5 Å². The highest BCUT2D eigenvalue weighted by Crippen LogP contribution is 2.23. The average Bonchev–Trinajstić information content (AvgIpc) is 2.99. The minimum absolute atomic E-state index is 0.0336. The van der Waals surface area contributed by atoms with Crippen LogP contribution in [0.4, 0.5) is 0 Å². The fourth-order valence-electron chi connectivity index (χ4n) is 3.26. The Morgan fingerprint density at radius 1 is 1.03 bits per heavy atom. The maximum Gasteiger partial charge on any atom is 0.339 e. The predicted octanol–water partition coefficient (Wildman–Crippen LogP) is 2.81. The van der Waals surface area contributed by atoms with Gasteiger partial charge in [0.05, 0.1) is 6.54 Å². The highest BCUT2D eigenvalue weighted by atomic mass is 32.2. The van der Waals surface area contributed by atoms with E-state index in [0.29, 0.717) is 11.4 Å². The smallest absolute Gasteiger partial charge is 0.339 e. The van der Waals surface area contributed by atoms with E-state index in [9.17, 15) is 13.2 Å². The molecule has 0 radical (unpaired) electrons. The molecule has 8 nitrogen and oxygen atoms in total. The molecule has 1 N–H and O–H groups in total. The van der Waals surface area contributed by atoms with Crippen LogP contribution >= 0.6 is 0 Å². The Morgan fingerprint density at radius 3 is 2.35 bits per heavy atom. The summed E-state index contributed by atoms with van der Waals surface area (Å²) in [7, 11) is -2.38. The van der Waals surface area contributed by atoms with Crippen LogP contribution in [0, 0.1) is 12.3 Å². The summed E-state index contributed by atoms with van der Waals surface area (Å²) in [5.41, 5.74) is 0.498. The van der Waals surface area contributed by atoms with Crippen molar-refractivity contribution in [1.82, 2.24) is 14.3 Å². The molecule has 0 atom stereocenters. The van der Waals surface area contributed by atoms with Gasteiger partial charge in [0.15, 0.2) is 5.78 Å². The normalized spacial score (nSPS) is 11.5. The van der Waals surface area contributed by atoms with Crippen molar-refractivity contribution < 1.29 is 17.4 Å². The molecular formula is C22H20N4O4S. The van der Waals surface area contributed by atoms with Crippen molar-refractivity contribution in [2.24, 2.45) is 7.05 Å². The molecule has 0 bridgehead atoms. The molecule has 31 heavy (non-hydrogen) atoms. The van der Waals surface area contributed by atoms with Gasteiger partial charge in [0, 0.05) is 12.6 Å². The summed E-state index contributed by atoms with van der Waals surface area (Å²) >= 11 is 0. The summed E-state index contributed by atoms with van der Waals surface area (Å²) in [5, 5.41) is 13.8. The molecule has 0 aliphatic carbocycles. The Bertz CT molecular complexity index is 1450. The van der Waals surface area contributed by atoms with Crippen LogP contribution in [0.1, 0.15) is 16.2 Å². The minimum Gasteiger partial charge on any atom is -0.379 e. The van der Waals surface area contributed by atoms with Crippen molar-refractivity contribution in [2.45, 2.75) is 18.4 Å². The predicted molar refractivity (Wildman–Crippen MR) is 114 cm³/mol. The highest BCUT2D eigenvalue weighted by molar-refractivity contribution is 7.87. The summed E-state index contributed by atoms with van der Waals surface area (Å²) in [6.45, 7) is 1.69. The molecule has 9 heteroatoms. The molecule has 0 aliphatic rings. The Labute approximate surface area is 179 Å². The van der Waals surface area contributed by atoms with Gasteiger partial charge in [-0.25, -0.2) is 4.68 Å². The SMILES string of the molecule is Cc1nn(C)c(=N)n1CC(=O)c1ccc(OS(=O)(=O)c2ccc3ccccc3c2)cc1. The number of hydrogen-bond acceptors (Lipinski definition) is 6. The number of carbonyl (C=O) groups excluding carboxylic acids is 1. The fraction of sp³-hybridized carbons (Fsp3) is 0.136. The third-order valence-electron chi connectivity index (χ3n) is 4.94. The Balaban J connectivity index is 1.52. The molecule has 158 valence electrons. The number of benzene rings is 3. The van der Waals surface area contributed by atoms with Crippen molar-refractivity contribution in [3.05, 3.63) is 83.7 Å². The van der Waals surface area contributed by atoms with E-state index in [4.69, 9.17) is 9.59 Å². The molecule has 0 fully saturated rings. The number of nitrogens with one attached hydrogen (secondary N) is 1. The zero-order valence-corrected chi connectivity index (χ0v) is 17.8. The van der Waals surface area contributed by atoms with Crippen LogP contribution in [0.5, 0.6) is 5.75 Å². The van der Waals surface area contributed by atoms with Crippen molar-refractivity contribution in [3.63, 3.8) is 0 Å². The van der Waals surface area contributed by atoms with Crippen LogP contribution < -0.4 is 9.80 Å². The Kier molecular flexibility index (Phi) is 5.20. The number of carbonyl (C=O) groups is 1. The second-order valence-electron chi connectivity index (χ2n) is 7.07. The van der Waals surface area contributed by atoms with Gasteiger partial charge in [-0.2, -0.15) is 13.5 Å². The molecular weight excluding hydrogens is 416 g/mol. The molecule has 0 aliphatic heterocycles. The van der Waals surface area contributed by atoms with Crippen LogP contribution in [0.2, 0.25) is 0 Å².